The Morgan fingerprint density at radius 1 is 0.750 bits per heavy atom. The Labute approximate surface area is 241 Å². The molecule has 0 fully saturated rings. The number of unbranched alkanes of at least 4 members (excludes halogenated alkanes) is 12. The van der Waals surface area contributed by atoms with Crippen molar-refractivity contribution in [2.75, 3.05) is 47.5 Å². The topological polar surface area (TPSA) is 148 Å². The number of aliphatic carboxylic acids is 1. The fourth-order valence-electron chi connectivity index (χ4n) is 3.75. The van der Waals surface area contributed by atoms with Crippen LogP contribution in [0.2, 0.25) is 0 Å². The molecule has 0 saturated heterocycles. The average molecular weight is 596 g/mol. The number of carboxylic acid groups (broad SMARTS) is 1. The third-order valence-electron chi connectivity index (χ3n) is 6.19. The number of hydrogen-bond acceptors (Lipinski definition) is 9. The van der Waals surface area contributed by atoms with Crippen molar-refractivity contribution < 1.29 is 52.0 Å². The Kier molecular flexibility index (Phi) is 22.2. The molecule has 0 spiro atoms. The van der Waals surface area contributed by atoms with Crippen molar-refractivity contribution in [3.05, 3.63) is 0 Å². The minimum Gasteiger partial charge on any atom is -0.756 e. The number of quaternary nitrogens is 1. The maximum absolute atomic E-state index is 12.2. The van der Waals surface area contributed by atoms with Crippen molar-refractivity contribution in [3.8, 4) is 0 Å². The number of carboxylic acids is 1. The van der Waals surface area contributed by atoms with E-state index in [0.29, 0.717) is 17.4 Å². The molecule has 0 radical (unpaired) electrons. The first-order valence-corrected chi connectivity index (χ1v) is 16.3. The number of esters is 2. The lowest BCUT2D eigenvalue weighted by atomic mass is 10.0. The molecule has 2 unspecified atom stereocenters. The first-order valence-electron chi connectivity index (χ1n) is 14.8. The molecule has 12 heteroatoms. The van der Waals surface area contributed by atoms with Crippen LogP contribution >= 0.6 is 7.82 Å². The molecule has 0 heterocycles. The Morgan fingerprint density at radius 3 is 1.77 bits per heavy atom. The first kappa shape index (κ1) is 38.5. The largest absolute Gasteiger partial charge is 0.756 e. The van der Waals surface area contributed by atoms with Crippen molar-refractivity contribution >= 4 is 25.7 Å². The van der Waals surface area contributed by atoms with E-state index in [9.17, 15) is 23.8 Å². The number of rotatable bonds is 27. The summed E-state index contributed by atoms with van der Waals surface area (Å²) >= 11 is 0. The van der Waals surface area contributed by atoms with Gasteiger partial charge in [-0.25, -0.2) is 0 Å². The highest BCUT2D eigenvalue weighted by Crippen LogP contribution is 2.38. The summed E-state index contributed by atoms with van der Waals surface area (Å²) in [6.07, 6.45) is 13.6. The van der Waals surface area contributed by atoms with Crippen LogP contribution in [-0.4, -0.2) is 81.1 Å². The standard InChI is InChI=1S/C28H54NO10P/c1-5-6-7-8-9-10-11-12-13-14-15-16-17-18-27(32)36-23-25(39-28(33)20-19-26(30)31)24-38-40(34,35)37-22-21-29(2,3)4/h25H,5-24H2,1-4H3,(H-,30,31,34,35). The number of carbonyl (C=O) groups excluding carboxylic acids is 2. The highest BCUT2D eigenvalue weighted by Gasteiger charge is 2.22. The van der Waals surface area contributed by atoms with Crippen molar-refractivity contribution in [3.63, 3.8) is 0 Å². The van der Waals surface area contributed by atoms with Gasteiger partial charge in [-0.2, -0.15) is 0 Å². The molecule has 0 aliphatic heterocycles. The number of carbonyl (C=O) groups is 3. The average Bonchev–Trinajstić information content (AvgIpc) is 2.86. The van der Waals surface area contributed by atoms with Gasteiger partial charge in [-0.05, 0) is 6.42 Å². The van der Waals surface area contributed by atoms with Crippen molar-refractivity contribution in [1.29, 1.82) is 0 Å². The van der Waals surface area contributed by atoms with Crippen LogP contribution in [-0.2, 0) is 37.5 Å². The van der Waals surface area contributed by atoms with E-state index >= 15 is 0 Å². The van der Waals surface area contributed by atoms with Gasteiger partial charge in [0.25, 0.3) is 7.82 Å². The van der Waals surface area contributed by atoms with Crippen LogP contribution in [0.4, 0.5) is 0 Å². The van der Waals surface area contributed by atoms with Gasteiger partial charge in [-0.1, -0.05) is 84.0 Å². The zero-order valence-corrected chi connectivity index (χ0v) is 26.1. The number of hydrogen-bond donors (Lipinski definition) is 1. The molecule has 0 aliphatic carbocycles. The second kappa shape index (κ2) is 23.1. The lowest BCUT2D eigenvalue weighted by molar-refractivity contribution is -0.870. The van der Waals surface area contributed by atoms with Crippen LogP contribution in [0.25, 0.3) is 0 Å². The van der Waals surface area contributed by atoms with Gasteiger partial charge in [-0.3, -0.25) is 18.9 Å². The monoisotopic (exact) mass is 595 g/mol. The van der Waals surface area contributed by atoms with E-state index in [1.807, 2.05) is 21.1 Å². The lowest BCUT2D eigenvalue weighted by Gasteiger charge is -2.28. The van der Waals surface area contributed by atoms with Gasteiger partial charge in [-0.15, -0.1) is 0 Å². The van der Waals surface area contributed by atoms with Crippen LogP contribution in [0, 0.1) is 0 Å². The van der Waals surface area contributed by atoms with Gasteiger partial charge in [0.05, 0.1) is 40.6 Å². The third kappa shape index (κ3) is 26.7. The van der Waals surface area contributed by atoms with Crippen molar-refractivity contribution in [2.24, 2.45) is 0 Å². The highest BCUT2D eigenvalue weighted by atomic mass is 31.2. The van der Waals surface area contributed by atoms with Gasteiger partial charge < -0.3 is 33.0 Å². The summed E-state index contributed by atoms with van der Waals surface area (Å²) in [4.78, 5) is 46.9. The van der Waals surface area contributed by atoms with Crippen molar-refractivity contribution in [2.45, 2.75) is 116 Å². The summed E-state index contributed by atoms with van der Waals surface area (Å²) in [6, 6.07) is 0. The second-order valence-electron chi connectivity index (χ2n) is 11.3. The van der Waals surface area contributed by atoms with Gasteiger partial charge in [0.15, 0.2) is 6.10 Å². The predicted molar refractivity (Wildman–Crippen MR) is 150 cm³/mol. The molecule has 1 N–H and O–H groups in total. The number of nitrogens with zero attached hydrogens (tertiary/aromatic N) is 1. The molecule has 0 aromatic heterocycles. The summed E-state index contributed by atoms with van der Waals surface area (Å²) in [5, 5.41) is 8.74. The van der Waals surface area contributed by atoms with E-state index in [-0.39, 0.29) is 13.0 Å². The molecule has 0 aromatic rings. The number of phosphoric acid groups is 1. The summed E-state index contributed by atoms with van der Waals surface area (Å²) in [5.41, 5.74) is 0. The molecule has 236 valence electrons. The summed E-state index contributed by atoms with van der Waals surface area (Å²) in [6.45, 7) is 1.53. The van der Waals surface area contributed by atoms with Crippen molar-refractivity contribution in [1.82, 2.24) is 0 Å². The normalized spacial score (nSPS) is 13.9. The first-order chi connectivity index (χ1) is 18.8. The quantitative estimate of drug-likeness (QED) is 0.0595. The number of likely N-dealkylation sites (N-methyl/N-ethyl adjacent to an activating group) is 1. The zero-order valence-electron chi connectivity index (χ0n) is 25.2. The smallest absolute Gasteiger partial charge is 0.306 e. The van der Waals surface area contributed by atoms with E-state index in [2.05, 4.69) is 6.92 Å². The SMILES string of the molecule is CCCCCCCCCCCCCCCC(=O)OCC(COP(=O)([O-])OCC[N+](C)(C)C)OC(=O)CCC(=O)O. The van der Waals surface area contributed by atoms with Crippen LogP contribution in [0.3, 0.4) is 0 Å². The summed E-state index contributed by atoms with van der Waals surface area (Å²) in [5.74, 6) is -2.53. The predicted octanol–water partition coefficient (Wildman–Crippen LogP) is 5.00. The molecular weight excluding hydrogens is 541 g/mol. The van der Waals surface area contributed by atoms with Gasteiger partial charge >= 0.3 is 17.9 Å². The minimum atomic E-state index is -4.68. The zero-order chi connectivity index (χ0) is 30.3. The maximum atomic E-state index is 12.2. The molecule has 2 atom stereocenters. The van der Waals surface area contributed by atoms with E-state index in [1.54, 1.807) is 0 Å². The van der Waals surface area contributed by atoms with E-state index in [1.165, 1.54) is 57.8 Å². The number of phosphoric ester groups is 1. The Hall–Kier alpha value is -1.52. The van der Waals surface area contributed by atoms with Gasteiger partial charge in [0.2, 0.25) is 0 Å². The molecule has 40 heavy (non-hydrogen) atoms. The Bertz CT molecular complexity index is 741. The molecule has 0 aromatic carbocycles. The van der Waals surface area contributed by atoms with Crippen LogP contribution in [0.5, 0.6) is 0 Å². The molecular formula is C28H54NO10P. The van der Waals surface area contributed by atoms with E-state index in [4.69, 9.17) is 23.6 Å². The molecule has 0 aliphatic rings. The van der Waals surface area contributed by atoms with Crippen LogP contribution < -0.4 is 4.89 Å². The number of ether oxygens (including phenoxy) is 2. The second-order valence-corrected chi connectivity index (χ2v) is 12.7. The lowest BCUT2D eigenvalue weighted by Crippen LogP contribution is -2.37. The molecule has 0 bridgehead atoms. The minimum absolute atomic E-state index is 0.0958. The summed E-state index contributed by atoms with van der Waals surface area (Å²) in [7, 11) is 0.938. The van der Waals surface area contributed by atoms with Crippen LogP contribution in [0.15, 0.2) is 0 Å². The fraction of sp³-hybridized carbons (Fsp3) is 0.893. The Morgan fingerprint density at radius 2 is 1.27 bits per heavy atom. The molecule has 11 nitrogen and oxygen atoms in total. The van der Waals surface area contributed by atoms with Crippen LogP contribution in [0.1, 0.15) is 110 Å². The molecule has 0 amide bonds. The maximum Gasteiger partial charge on any atom is 0.306 e. The van der Waals surface area contributed by atoms with E-state index < -0.39 is 57.9 Å². The molecule has 0 rings (SSSR count). The van der Waals surface area contributed by atoms with Gasteiger partial charge in [0, 0.05) is 6.42 Å². The molecule has 0 saturated carbocycles. The summed E-state index contributed by atoms with van der Waals surface area (Å²) < 4.78 is 32.5. The van der Waals surface area contributed by atoms with Gasteiger partial charge in [0.1, 0.15) is 19.8 Å². The highest BCUT2D eigenvalue weighted by molar-refractivity contribution is 7.45. The fourth-order valence-corrected chi connectivity index (χ4v) is 4.48. The third-order valence-corrected chi connectivity index (χ3v) is 7.15. The Balaban J connectivity index is 4.29. The van der Waals surface area contributed by atoms with E-state index in [0.717, 1.165) is 19.3 Å².